The second kappa shape index (κ2) is 8.34. The van der Waals surface area contributed by atoms with Gasteiger partial charge in [0.15, 0.2) is 0 Å². The summed E-state index contributed by atoms with van der Waals surface area (Å²) in [6.45, 7) is 2.61. The number of nitrogens with zero attached hydrogens (tertiary/aromatic N) is 4. The predicted molar refractivity (Wildman–Crippen MR) is 98.0 cm³/mol. The van der Waals surface area contributed by atoms with Gasteiger partial charge in [-0.15, -0.1) is 11.3 Å². The average Bonchev–Trinajstić information content (AvgIpc) is 3.24. The van der Waals surface area contributed by atoms with Crippen molar-refractivity contribution in [2.75, 3.05) is 11.9 Å². The van der Waals surface area contributed by atoms with Gasteiger partial charge in [-0.1, -0.05) is 6.07 Å². The summed E-state index contributed by atoms with van der Waals surface area (Å²) in [5.41, 5.74) is 0.821. The van der Waals surface area contributed by atoms with Gasteiger partial charge in [0.1, 0.15) is 12.2 Å². The number of amides is 2. The zero-order valence-electron chi connectivity index (χ0n) is 14.2. The number of rotatable bonds is 7. The third-order valence-corrected chi connectivity index (χ3v) is 4.40. The molecule has 3 aromatic rings. The highest BCUT2D eigenvalue weighted by molar-refractivity contribution is 7.11. The van der Waals surface area contributed by atoms with Crippen LogP contribution in [-0.2, 0) is 17.8 Å². The molecule has 3 aromatic heterocycles. The molecule has 0 fully saturated rings. The Morgan fingerprint density at radius 3 is 2.85 bits per heavy atom. The van der Waals surface area contributed by atoms with Crippen LogP contribution in [0.15, 0.2) is 43.0 Å². The van der Waals surface area contributed by atoms with E-state index < -0.39 is 0 Å². The van der Waals surface area contributed by atoms with Crippen LogP contribution >= 0.6 is 11.3 Å². The summed E-state index contributed by atoms with van der Waals surface area (Å²) < 4.78 is 1.47. The Bertz CT molecular complexity index is 890. The molecule has 0 radical (unpaired) electrons. The molecule has 0 bridgehead atoms. The van der Waals surface area contributed by atoms with Crippen molar-refractivity contribution in [1.29, 1.82) is 0 Å². The number of carbonyl (C=O) groups excluding carboxylic acids is 2. The summed E-state index contributed by atoms with van der Waals surface area (Å²) in [5, 5.41) is 10.6. The van der Waals surface area contributed by atoms with Gasteiger partial charge in [0.05, 0.1) is 16.9 Å². The van der Waals surface area contributed by atoms with E-state index in [2.05, 4.69) is 25.7 Å². The Hall–Kier alpha value is -3.07. The number of hydrogen-bond acceptors (Lipinski definition) is 6. The van der Waals surface area contributed by atoms with E-state index in [9.17, 15) is 9.59 Å². The minimum atomic E-state index is -0.326. The molecule has 0 aliphatic carbocycles. The van der Waals surface area contributed by atoms with Crippen LogP contribution in [-0.4, -0.2) is 38.1 Å². The molecule has 0 aliphatic heterocycles. The third kappa shape index (κ3) is 4.96. The van der Waals surface area contributed by atoms with Crippen molar-refractivity contribution < 1.29 is 9.59 Å². The van der Waals surface area contributed by atoms with Crippen LogP contribution in [0.25, 0.3) is 0 Å². The van der Waals surface area contributed by atoms with Crippen molar-refractivity contribution >= 4 is 28.8 Å². The van der Waals surface area contributed by atoms with E-state index in [-0.39, 0.29) is 18.4 Å². The fourth-order valence-corrected chi connectivity index (χ4v) is 3.02. The maximum atomic E-state index is 12.0. The number of aryl methyl sites for hydroxylation is 1. The van der Waals surface area contributed by atoms with E-state index in [1.54, 1.807) is 41.9 Å². The normalized spacial score (nSPS) is 10.5. The van der Waals surface area contributed by atoms with Crippen LogP contribution in [0.4, 0.5) is 5.69 Å². The van der Waals surface area contributed by atoms with Crippen LogP contribution in [0.3, 0.4) is 0 Å². The molecule has 8 nitrogen and oxygen atoms in total. The van der Waals surface area contributed by atoms with Gasteiger partial charge in [0.25, 0.3) is 5.91 Å². The zero-order valence-corrected chi connectivity index (χ0v) is 15.0. The van der Waals surface area contributed by atoms with Gasteiger partial charge < -0.3 is 10.6 Å². The van der Waals surface area contributed by atoms with E-state index in [1.165, 1.54) is 10.9 Å². The summed E-state index contributed by atoms with van der Waals surface area (Å²) in [6, 6.07) is 5.10. The van der Waals surface area contributed by atoms with E-state index in [1.807, 2.05) is 13.1 Å². The quantitative estimate of drug-likeness (QED) is 0.658. The van der Waals surface area contributed by atoms with Gasteiger partial charge in [0, 0.05) is 36.4 Å². The molecule has 2 amide bonds. The predicted octanol–water partition coefficient (Wildman–Crippen LogP) is 1.65. The molecule has 3 heterocycles. The van der Waals surface area contributed by atoms with Crippen molar-refractivity contribution in [3.63, 3.8) is 0 Å². The Kier molecular flexibility index (Phi) is 5.69. The lowest BCUT2D eigenvalue weighted by molar-refractivity contribution is -0.121. The molecular formula is C17H18N6O2S. The maximum Gasteiger partial charge on any atom is 0.274 e. The number of thiazole rings is 1. The lowest BCUT2D eigenvalue weighted by Crippen LogP contribution is -2.29. The van der Waals surface area contributed by atoms with Crippen LogP contribution in [0, 0.1) is 6.92 Å². The van der Waals surface area contributed by atoms with E-state index in [0.717, 1.165) is 9.88 Å². The number of aromatic nitrogens is 4. The van der Waals surface area contributed by atoms with Crippen LogP contribution in [0.2, 0.25) is 0 Å². The molecule has 0 atom stereocenters. The summed E-state index contributed by atoms with van der Waals surface area (Å²) >= 11 is 1.63. The molecule has 0 saturated heterocycles. The number of nitrogens with one attached hydrogen (secondary N) is 2. The van der Waals surface area contributed by atoms with Crippen LogP contribution in [0.5, 0.6) is 0 Å². The zero-order chi connectivity index (χ0) is 18.4. The summed E-state index contributed by atoms with van der Waals surface area (Å²) in [7, 11) is 0. The molecule has 3 rings (SSSR count). The van der Waals surface area contributed by atoms with Crippen molar-refractivity contribution in [3.8, 4) is 0 Å². The Morgan fingerprint density at radius 1 is 1.23 bits per heavy atom. The number of anilines is 1. The van der Waals surface area contributed by atoms with Gasteiger partial charge in [0.2, 0.25) is 5.91 Å². The van der Waals surface area contributed by atoms with Crippen LogP contribution in [0.1, 0.15) is 20.4 Å². The summed E-state index contributed by atoms with van der Waals surface area (Å²) in [4.78, 5) is 33.4. The summed E-state index contributed by atoms with van der Waals surface area (Å²) in [5.74, 6) is -0.475. The number of carbonyl (C=O) groups is 2. The fourth-order valence-electron chi connectivity index (χ4n) is 2.24. The van der Waals surface area contributed by atoms with Gasteiger partial charge in [-0.05, 0) is 19.1 Å². The third-order valence-electron chi connectivity index (χ3n) is 3.42. The minimum absolute atomic E-state index is 0.0797. The van der Waals surface area contributed by atoms with Crippen molar-refractivity contribution in [2.24, 2.45) is 0 Å². The topological polar surface area (TPSA) is 102 Å². The summed E-state index contributed by atoms with van der Waals surface area (Å²) in [6.07, 6.45) is 7.17. The lowest BCUT2D eigenvalue weighted by atomic mass is 10.3. The van der Waals surface area contributed by atoms with E-state index >= 15 is 0 Å². The first-order valence-electron chi connectivity index (χ1n) is 8.03. The van der Waals surface area contributed by atoms with Crippen LogP contribution < -0.4 is 10.6 Å². The lowest BCUT2D eigenvalue weighted by Gasteiger charge is -2.04. The monoisotopic (exact) mass is 370 g/mol. The largest absolute Gasteiger partial charge is 0.354 e. The van der Waals surface area contributed by atoms with Gasteiger partial charge >= 0.3 is 0 Å². The molecule has 26 heavy (non-hydrogen) atoms. The van der Waals surface area contributed by atoms with Gasteiger partial charge in [-0.25, -0.2) is 4.98 Å². The standard InChI is InChI=1S/C17H18N6O2S/c1-12-8-20-16(26-12)5-7-19-15(24)11-23-10-13(9-21-23)22-17(25)14-4-2-3-6-18-14/h2-4,6,8-10H,5,7,11H2,1H3,(H,19,24)(H,22,25). The maximum absolute atomic E-state index is 12.0. The van der Waals surface area contributed by atoms with E-state index in [4.69, 9.17) is 0 Å². The van der Waals surface area contributed by atoms with Gasteiger partial charge in [-0.2, -0.15) is 5.10 Å². The molecule has 0 aromatic carbocycles. The molecule has 0 aliphatic rings. The highest BCUT2D eigenvalue weighted by Crippen LogP contribution is 2.11. The number of pyridine rings is 1. The first-order valence-corrected chi connectivity index (χ1v) is 8.84. The molecule has 134 valence electrons. The second-order valence-corrected chi connectivity index (χ2v) is 6.88. The first-order chi connectivity index (χ1) is 12.6. The Balaban J connectivity index is 1.45. The molecule has 2 N–H and O–H groups in total. The minimum Gasteiger partial charge on any atom is -0.354 e. The Labute approximate surface area is 154 Å². The molecule has 0 unspecified atom stereocenters. The molecule has 0 saturated carbocycles. The fraction of sp³-hybridized carbons (Fsp3) is 0.235. The second-order valence-electron chi connectivity index (χ2n) is 5.56. The van der Waals surface area contributed by atoms with E-state index in [0.29, 0.717) is 24.3 Å². The highest BCUT2D eigenvalue weighted by atomic mass is 32.1. The SMILES string of the molecule is Cc1cnc(CCNC(=O)Cn2cc(NC(=O)c3ccccn3)cn2)s1. The Morgan fingerprint density at radius 2 is 2.12 bits per heavy atom. The molecular weight excluding hydrogens is 352 g/mol. The smallest absolute Gasteiger partial charge is 0.274 e. The molecule has 9 heteroatoms. The van der Waals surface area contributed by atoms with Crippen molar-refractivity contribution in [1.82, 2.24) is 25.1 Å². The molecule has 0 spiro atoms. The average molecular weight is 370 g/mol. The highest BCUT2D eigenvalue weighted by Gasteiger charge is 2.10. The van der Waals surface area contributed by atoms with Gasteiger partial charge in [-0.3, -0.25) is 19.3 Å². The van der Waals surface area contributed by atoms with Crippen molar-refractivity contribution in [3.05, 3.63) is 58.6 Å². The first kappa shape index (κ1) is 17.7. The van der Waals surface area contributed by atoms with Crippen molar-refractivity contribution in [2.45, 2.75) is 19.9 Å². The number of hydrogen-bond donors (Lipinski definition) is 2.